The lowest BCUT2D eigenvalue weighted by molar-refractivity contribution is -0.121. The molecule has 0 spiro atoms. The van der Waals surface area contributed by atoms with Crippen molar-refractivity contribution >= 4 is 46.3 Å². The molecule has 3 fully saturated rings. The molecule has 19 heteroatoms. The Balaban J connectivity index is 0.736. The third-order valence-corrected chi connectivity index (χ3v) is 13.8. The van der Waals surface area contributed by atoms with Crippen LogP contribution in [0.4, 0.5) is 4.79 Å². The fraction of sp³-hybridized carbons (Fsp3) is 0.581. The smallest absolute Gasteiger partial charge is 0.315 e. The van der Waals surface area contributed by atoms with Gasteiger partial charge in [0.15, 0.2) is 0 Å². The minimum atomic E-state index is -0.265. The van der Waals surface area contributed by atoms with Gasteiger partial charge in [-0.1, -0.05) is 29.0 Å². The van der Waals surface area contributed by atoms with Crippen LogP contribution in [0, 0.1) is 0 Å². The number of hydrogen-bond donors (Lipinski definition) is 5. The van der Waals surface area contributed by atoms with Gasteiger partial charge < -0.3 is 26.6 Å². The van der Waals surface area contributed by atoms with Crippen LogP contribution in [-0.2, 0) is 24.4 Å². The zero-order chi connectivity index (χ0) is 42.8. The van der Waals surface area contributed by atoms with Crippen LogP contribution < -0.4 is 26.6 Å². The van der Waals surface area contributed by atoms with Crippen molar-refractivity contribution in [2.45, 2.75) is 88.8 Å². The highest BCUT2D eigenvalue weighted by atomic mass is 32.2. The number of nitrogens with zero attached hydrogens (tertiary/aromatic N) is 9. The number of carbonyl (C=O) groups is 4. The fourth-order valence-corrected chi connectivity index (χ4v) is 10.6. The molecule has 3 unspecified atom stereocenters. The van der Waals surface area contributed by atoms with Crippen LogP contribution in [0.1, 0.15) is 84.0 Å². The molecular weight excluding hydrogens is 809 g/mol. The number of carbonyl (C=O) groups excluding carboxylic acids is 4. The molecule has 2 aromatic carbocycles. The molecule has 4 aliphatic heterocycles. The summed E-state index contributed by atoms with van der Waals surface area (Å²) in [6.07, 6.45) is 10.2. The first kappa shape index (κ1) is 43.7. The van der Waals surface area contributed by atoms with Crippen LogP contribution in [0.15, 0.2) is 42.7 Å². The van der Waals surface area contributed by atoms with Gasteiger partial charge in [0, 0.05) is 104 Å². The Morgan fingerprint density at radius 3 is 2.31 bits per heavy atom. The van der Waals surface area contributed by atoms with Crippen LogP contribution >= 0.6 is 11.8 Å². The summed E-state index contributed by atoms with van der Waals surface area (Å²) in [7, 11) is 0. The molecule has 5 N–H and O–H groups in total. The first-order valence-electron chi connectivity index (χ1n) is 22.4. The van der Waals surface area contributed by atoms with Crippen molar-refractivity contribution in [3.8, 4) is 5.69 Å². The number of amides is 5. The molecule has 0 saturated carbocycles. The lowest BCUT2D eigenvalue weighted by atomic mass is 9.93. The number of urea groups is 1. The molecule has 3 atom stereocenters. The van der Waals surface area contributed by atoms with Gasteiger partial charge in [0.05, 0.1) is 35.4 Å². The van der Waals surface area contributed by atoms with Crippen molar-refractivity contribution in [1.29, 1.82) is 0 Å². The van der Waals surface area contributed by atoms with E-state index in [0.29, 0.717) is 54.4 Å². The van der Waals surface area contributed by atoms with Crippen LogP contribution in [0.3, 0.4) is 0 Å². The molecule has 0 bridgehead atoms. The number of imide groups is 1. The highest BCUT2D eigenvalue weighted by Crippen LogP contribution is 2.34. The topological polar surface area (TPSA) is 200 Å². The highest BCUT2D eigenvalue weighted by molar-refractivity contribution is 8.00. The molecule has 2 aromatic heterocycles. The van der Waals surface area contributed by atoms with Gasteiger partial charge in [0.25, 0.3) is 11.8 Å². The predicted octanol–water partition coefficient (Wildman–Crippen LogP) is 2.14. The zero-order valence-electron chi connectivity index (χ0n) is 35.7. The number of hydrogen-bond acceptors (Lipinski definition) is 13. The maximum absolute atomic E-state index is 13.1. The summed E-state index contributed by atoms with van der Waals surface area (Å²) >= 11 is 1.92. The lowest BCUT2D eigenvalue weighted by Crippen LogP contribution is -2.40. The molecule has 0 aliphatic carbocycles. The van der Waals surface area contributed by atoms with Gasteiger partial charge in [0.2, 0.25) is 5.91 Å². The van der Waals surface area contributed by atoms with Crippen molar-refractivity contribution in [1.82, 2.24) is 71.3 Å². The quantitative estimate of drug-likeness (QED) is 0.0663. The number of nitrogens with one attached hydrogen (secondary N) is 5. The van der Waals surface area contributed by atoms with Gasteiger partial charge in [-0.05, 0) is 83.4 Å². The Labute approximate surface area is 366 Å². The number of thioether (sulfide) groups is 1. The van der Waals surface area contributed by atoms with Gasteiger partial charge in [0.1, 0.15) is 0 Å². The minimum Gasteiger partial charge on any atom is -0.356 e. The van der Waals surface area contributed by atoms with E-state index in [1.54, 1.807) is 16.8 Å². The van der Waals surface area contributed by atoms with E-state index in [1.807, 2.05) is 54.0 Å². The molecular formula is C43H60N14O4S. The average Bonchev–Trinajstić information content (AvgIpc) is 4.08. The Morgan fingerprint density at radius 2 is 1.55 bits per heavy atom. The molecule has 5 amide bonds. The SMILES string of the molecule is CCN1C(=O)c2cccc3c(-n4cc(CN5CCCNCCN(Cc6cn(CCCNC(=O)CCCCC7SCC8NC(=O)NC87)nn6)CCCNCC5)nn4)ccc(c23)C1=O. The molecule has 6 heterocycles. The van der Waals surface area contributed by atoms with Crippen molar-refractivity contribution in [2.24, 2.45) is 0 Å². The highest BCUT2D eigenvalue weighted by Gasteiger charge is 2.42. The van der Waals surface area contributed by atoms with Crippen molar-refractivity contribution in [2.75, 3.05) is 71.2 Å². The van der Waals surface area contributed by atoms with E-state index in [4.69, 9.17) is 0 Å². The Hall–Kier alpha value is -4.95. The number of aryl methyl sites for hydroxylation is 1. The maximum atomic E-state index is 13.1. The van der Waals surface area contributed by atoms with Crippen molar-refractivity contribution in [3.63, 3.8) is 0 Å². The number of aromatic nitrogens is 6. The van der Waals surface area contributed by atoms with Gasteiger partial charge in [-0.15, -0.1) is 10.2 Å². The number of unbranched alkanes of at least 4 members (excludes halogenated alkanes) is 1. The Bertz CT molecular complexity index is 2160. The second-order valence-corrected chi connectivity index (χ2v) is 17.9. The predicted molar refractivity (Wildman–Crippen MR) is 237 cm³/mol. The van der Waals surface area contributed by atoms with Gasteiger partial charge >= 0.3 is 6.03 Å². The summed E-state index contributed by atoms with van der Waals surface area (Å²) < 4.78 is 3.63. The molecule has 18 nitrogen and oxygen atoms in total. The molecule has 4 aliphatic rings. The van der Waals surface area contributed by atoms with E-state index < -0.39 is 0 Å². The maximum Gasteiger partial charge on any atom is 0.315 e. The number of rotatable bonds is 15. The van der Waals surface area contributed by atoms with E-state index in [0.717, 1.165) is 126 Å². The molecule has 0 radical (unpaired) electrons. The zero-order valence-corrected chi connectivity index (χ0v) is 36.5. The van der Waals surface area contributed by atoms with E-state index in [1.165, 1.54) is 4.90 Å². The normalized spacial score (nSPS) is 21.8. The summed E-state index contributed by atoms with van der Waals surface area (Å²) in [6, 6.07) is 9.67. The fourth-order valence-electron chi connectivity index (χ4n) is 9.04. The van der Waals surface area contributed by atoms with Crippen LogP contribution in [-0.4, -0.2) is 157 Å². The van der Waals surface area contributed by atoms with E-state index >= 15 is 0 Å². The number of fused-ring (bicyclic) bond motifs is 1. The van der Waals surface area contributed by atoms with Gasteiger partial charge in [-0.2, -0.15) is 11.8 Å². The van der Waals surface area contributed by atoms with Crippen LogP contribution in [0.25, 0.3) is 16.5 Å². The molecule has 62 heavy (non-hydrogen) atoms. The summed E-state index contributed by atoms with van der Waals surface area (Å²) in [5.74, 6) is 0.522. The largest absolute Gasteiger partial charge is 0.356 e. The molecule has 8 rings (SSSR count). The van der Waals surface area contributed by atoms with E-state index in [-0.39, 0.29) is 35.8 Å². The van der Waals surface area contributed by atoms with E-state index in [9.17, 15) is 19.2 Å². The summed E-state index contributed by atoms with van der Waals surface area (Å²) in [4.78, 5) is 56.4. The van der Waals surface area contributed by atoms with Crippen molar-refractivity contribution in [3.05, 3.63) is 65.2 Å². The second-order valence-electron chi connectivity index (χ2n) is 16.7. The molecule has 332 valence electrons. The first-order chi connectivity index (χ1) is 30.3. The standard InChI is InChI=1S/C43H60N14O4S/c1-2-56-41(59)33-10-5-9-32-36(14-13-34(39(32)33)42(56)60)57-28-31(50-52-57)26-54-21-7-16-44-18-23-53(20-6-15-45-19-24-54)25-30-27-55(51-49-30)22-8-17-46-38(58)12-4-3-11-37-40-35(29-62-37)47-43(61)48-40/h5,9-10,13-14,27-28,35,37,40,44-45H,2-4,6-8,11-12,15-26,29H2,1H3,(H,46,58)(H2,47,48,61). The first-order valence-corrected chi connectivity index (χ1v) is 23.4. The molecule has 4 aromatic rings. The van der Waals surface area contributed by atoms with Gasteiger partial charge in [-0.3, -0.25) is 33.8 Å². The Kier molecular flexibility index (Phi) is 14.8. The van der Waals surface area contributed by atoms with Crippen molar-refractivity contribution < 1.29 is 19.2 Å². The number of benzene rings is 2. The van der Waals surface area contributed by atoms with Crippen LogP contribution in [0.2, 0.25) is 0 Å². The van der Waals surface area contributed by atoms with Crippen LogP contribution in [0.5, 0.6) is 0 Å². The third-order valence-electron chi connectivity index (χ3n) is 12.3. The summed E-state index contributed by atoms with van der Waals surface area (Å²) in [5, 5.41) is 36.1. The Morgan fingerprint density at radius 1 is 0.823 bits per heavy atom. The second kappa shape index (κ2) is 20.9. The van der Waals surface area contributed by atoms with Gasteiger partial charge in [-0.25, -0.2) is 9.48 Å². The summed E-state index contributed by atoms with van der Waals surface area (Å²) in [6.45, 7) is 12.1. The summed E-state index contributed by atoms with van der Waals surface area (Å²) in [5.41, 5.74) is 3.67. The lowest BCUT2D eigenvalue weighted by Gasteiger charge is -2.26. The minimum absolute atomic E-state index is 0.0553. The third kappa shape index (κ3) is 10.6. The van der Waals surface area contributed by atoms with E-state index in [2.05, 4.69) is 57.0 Å². The molecule has 3 saturated heterocycles. The average molecular weight is 869 g/mol. The monoisotopic (exact) mass is 868 g/mol.